The first kappa shape index (κ1) is 21.8. The van der Waals surface area contributed by atoms with Gasteiger partial charge in [-0.15, -0.1) is 0 Å². The number of halogens is 1. The van der Waals surface area contributed by atoms with Crippen LogP contribution in [-0.2, 0) is 4.79 Å². The molecule has 0 aliphatic rings. The van der Waals surface area contributed by atoms with Gasteiger partial charge in [-0.2, -0.15) is 0 Å². The Morgan fingerprint density at radius 3 is 2.48 bits per heavy atom. The number of anilines is 3. The zero-order chi connectivity index (χ0) is 23.5. The van der Waals surface area contributed by atoms with E-state index < -0.39 is 11.7 Å². The summed E-state index contributed by atoms with van der Waals surface area (Å²) in [5.41, 5.74) is 2.68. The number of amides is 2. The van der Waals surface area contributed by atoms with Gasteiger partial charge in [0.05, 0.1) is 0 Å². The first-order chi connectivity index (χ1) is 15.9. The molecule has 2 amide bonds. The number of aromatic amines is 1. The third-order valence-electron chi connectivity index (χ3n) is 4.78. The monoisotopic (exact) mass is 448 g/mol. The van der Waals surface area contributed by atoms with E-state index in [1.54, 1.807) is 36.4 Å². The third-order valence-corrected chi connectivity index (χ3v) is 4.78. The second-order valence-electron chi connectivity index (χ2n) is 7.26. The largest absolute Gasteiger partial charge is 0.435 e. The number of carbonyl (C=O) groups excluding carboxylic acids is 2. The molecule has 168 valence electrons. The highest BCUT2D eigenvalue weighted by molar-refractivity contribution is 6.01. The Balaban J connectivity index is 1.68. The summed E-state index contributed by atoms with van der Waals surface area (Å²) in [5, 5.41) is 8.61. The molecule has 0 bridgehead atoms. The first-order valence-electron chi connectivity index (χ1n) is 10.0. The Bertz CT molecular complexity index is 1350. The number of aromatic nitrogens is 3. The number of aryl methyl sites for hydroxylation is 1. The molecule has 0 unspecified atom stereocenters. The second kappa shape index (κ2) is 8.95. The summed E-state index contributed by atoms with van der Waals surface area (Å²) in [7, 11) is 1.46. The lowest BCUT2D eigenvalue weighted by Gasteiger charge is -2.14. The molecule has 2 aromatic carbocycles. The van der Waals surface area contributed by atoms with Crippen molar-refractivity contribution >= 4 is 39.9 Å². The quantitative estimate of drug-likeness (QED) is 0.350. The fraction of sp³-hybridized carbons (Fsp3) is 0.130. The van der Waals surface area contributed by atoms with Gasteiger partial charge in [0.15, 0.2) is 17.4 Å². The molecule has 33 heavy (non-hydrogen) atoms. The second-order valence-corrected chi connectivity index (χ2v) is 7.26. The number of hydrogen-bond donors (Lipinski definition) is 4. The van der Waals surface area contributed by atoms with Crippen LogP contribution in [0.15, 0.2) is 48.8 Å². The number of hydrogen-bond acceptors (Lipinski definition) is 6. The van der Waals surface area contributed by atoms with Crippen LogP contribution in [0, 0.1) is 12.7 Å². The standard InChI is InChI=1S/C23H21FN6O3/c1-12-10-16-17(28-12)8-9-18(20(16)24)33-23-19(22(32)25-3)21(26-11-27-23)30-15-6-4-14(5-7-15)29-13(2)31/h4-11,28H,1-3H3,(H,25,32)(H,29,31)(H,26,27,30). The molecule has 0 aliphatic carbocycles. The minimum atomic E-state index is -0.568. The average molecular weight is 448 g/mol. The van der Waals surface area contributed by atoms with Crippen LogP contribution in [0.3, 0.4) is 0 Å². The zero-order valence-corrected chi connectivity index (χ0v) is 18.1. The smallest absolute Gasteiger partial charge is 0.260 e. The summed E-state index contributed by atoms with van der Waals surface area (Å²) >= 11 is 0. The minimum absolute atomic E-state index is 0.00989. The number of nitrogens with one attached hydrogen (secondary N) is 4. The lowest BCUT2D eigenvalue weighted by atomic mass is 10.2. The lowest BCUT2D eigenvalue weighted by Crippen LogP contribution is -2.21. The molecular formula is C23H21FN6O3. The summed E-state index contributed by atoms with van der Waals surface area (Å²) in [6.45, 7) is 3.25. The van der Waals surface area contributed by atoms with Crippen LogP contribution in [0.4, 0.5) is 21.6 Å². The third kappa shape index (κ3) is 4.59. The predicted octanol–water partition coefficient (Wildman–Crippen LogP) is 4.26. The van der Waals surface area contributed by atoms with E-state index in [0.717, 1.165) is 5.69 Å². The van der Waals surface area contributed by atoms with Crippen molar-refractivity contribution in [2.45, 2.75) is 13.8 Å². The van der Waals surface area contributed by atoms with Crippen LogP contribution >= 0.6 is 0 Å². The maximum Gasteiger partial charge on any atom is 0.260 e. The predicted molar refractivity (Wildman–Crippen MR) is 123 cm³/mol. The summed E-state index contributed by atoms with van der Waals surface area (Å²) in [5.74, 6) is -1.27. The van der Waals surface area contributed by atoms with Crippen molar-refractivity contribution in [1.82, 2.24) is 20.3 Å². The van der Waals surface area contributed by atoms with Gasteiger partial charge in [0.1, 0.15) is 11.9 Å². The van der Waals surface area contributed by atoms with E-state index in [4.69, 9.17) is 4.74 Å². The van der Waals surface area contributed by atoms with Crippen LogP contribution in [0.25, 0.3) is 10.9 Å². The molecule has 0 radical (unpaired) electrons. The molecule has 0 atom stereocenters. The van der Waals surface area contributed by atoms with Crippen LogP contribution < -0.4 is 20.7 Å². The van der Waals surface area contributed by atoms with Gasteiger partial charge in [-0.05, 0) is 49.4 Å². The van der Waals surface area contributed by atoms with E-state index >= 15 is 4.39 Å². The molecule has 10 heteroatoms. The number of ether oxygens (including phenoxy) is 1. The number of fused-ring (bicyclic) bond motifs is 1. The number of nitrogens with zero attached hydrogens (tertiary/aromatic N) is 2. The van der Waals surface area contributed by atoms with Gasteiger partial charge in [0, 0.05) is 41.9 Å². The molecule has 0 fully saturated rings. The molecule has 4 rings (SSSR count). The fourth-order valence-electron chi connectivity index (χ4n) is 3.32. The SMILES string of the molecule is CNC(=O)c1c(Nc2ccc(NC(C)=O)cc2)ncnc1Oc1ccc2[nH]c(C)cc2c1F. The Morgan fingerprint density at radius 2 is 1.79 bits per heavy atom. The molecule has 2 heterocycles. The number of carbonyl (C=O) groups is 2. The van der Waals surface area contributed by atoms with Crippen LogP contribution in [-0.4, -0.2) is 33.8 Å². The minimum Gasteiger partial charge on any atom is -0.435 e. The molecule has 0 saturated carbocycles. The Kier molecular flexibility index (Phi) is 5.90. The van der Waals surface area contributed by atoms with Gasteiger partial charge in [0.25, 0.3) is 5.91 Å². The Morgan fingerprint density at radius 1 is 1.06 bits per heavy atom. The zero-order valence-electron chi connectivity index (χ0n) is 18.1. The van der Waals surface area contributed by atoms with Crippen molar-refractivity contribution in [3.05, 3.63) is 65.9 Å². The summed E-state index contributed by atoms with van der Waals surface area (Å²) in [6, 6.07) is 11.7. The topological polar surface area (TPSA) is 121 Å². The van der Waals surface area contributed by atoms with Crippen LogP contribution in [0.1, 0.15) is 23.0 Å². The van der Waals surface area contributed by atoms with Crippen molar-refractivity contribution in [3.63, 3.8) is 0 Å². The summed E-state index contributed by atoms with van der Waals surface area (Å²) < 4.78 is 20.8. The van der Waals surface area contributed by atoms with E-state index in [1.807, 2.05) is 6.92 Å². The van der Waals surface area contributed by atoms with Crippen molar-refractivity contribution in [1.29, 1.82) is 0 Å². The van der Waals surface area contributed by atoms with Crippen LogP contribution in [0.2, 0.25) is 0 Å². The van der Waals surface area contributed by atoms with Crippen molar-refractivity contribution < 1.29 is 18.7 Å². The maximum absolute atomic E-state index is 15.0. The molecule has 0 aliphatic heterocycles. The highest BCUT2D eigenvalue weighted by Gasteiger charge is 2.22. The molecule has 0 spiro atoms. The lowest BCUT2D eigenvalue weighted by molar-refractivity contribution is -0.114. The van der Waals surface area contributed by atoms with Gasteiger partial charge in [-0.25, -0.2) is 14.4 Å². The number of H-pyrrole nitrogens is 1. The van der Waals surface area contributed by atoms with Gasteiger partial charge >= 0.3 is 0 Å². The molecule has 9 nitrogen and oxygen atoms in total. The molecule has 4 aromatic rings. The number of rotatable bonds is 6. The summed E-state index contributed by atoms with van der Waals surface area (Å²) in [4.78, 5) is 35.1. The van der Waals surface area contributed by atoms with Gasteiger partial charge < -0.3 is 25.7 Å². The van der Waals surface area contributed by atoms with Crippen molar-refractivity contribution in [2.24, 2.45) is 0 Å². The van der Waals surface area contributed by atoms with Crippen molar-refractivity contribution in [2.75, 3.05) is 17.7 Å². The first-order valence-corrected chi connectivity index (χ1v) is 10.0. The molecule has 4 N–H and O–H groups in total. The van der Waals surface area contributed by atoms with Gasteiger partial charge in [0.2, 0.25) is 11.8 Å². The highest BCUT2D eigenvalue weighted by atomic mass is 19.1. The van der Waals surface area contributed by atoms with Crippen molar-refractivity contribution in [3.8, 4) is 11.6 Å². The molecule has 0 saturated heterocycles. The van der Waals surface area contributed by atoms with E-state index in [1.165, 1.54) is 26.4 Å². The average Bonchev–Trinajstić information content (AvgIpc) is 3.17. The highest BCUT2D eigenvalue weighted by Crippen LogP contribution is 2.33. The number of benzene rings is 2. The Hall–Kier alpha value is -4.47. The van der Waals surface area contributed by atoms with Gasteiger partial charge in [-0.3, -0.25) is 9.59 Å². The van der Waals surface area contributed by atoms with Gasteiger partial charge in [-0.1, -0.05) is 0 Å². The molecular weight excluding hydrogens is 427 g/mol. The maximum atomic E-state index is 15.0. The Labute approximate surface area is 188 Å². The summed E-state index contributed by atoms with van der Waals surface area (Å²) in [6.07, 6.45) is 1.21. The molecule has 2 aromatic heterocycles. The van der Waals surface area contributed by atoms with E-state index in [-0.39, 0.29) is 28.9 Å². The van der Waals surface area contributed by atoms with Crippen LogP contribution in [0.5, 0.6) is 11.6 Å². The van der Waals surface area contributed by atoms with E-state index in [2.05, 4.69) is 30.9 Å². The van der Waals surface area contributed by atoms with E-state index in [9.17, 15) is 9.59 Å². The van der Waals surface area contributed by atoms with E-state index in [0.29, 0.717) is 22.3 Å². The fourth-order valence-corrected chi connectivity index (χ4v) is 3.32. The normalized spacial score (nSPS) is 10.7.